The highest BCUT2D eigenvalue weighted by Gasteiger charge is 2.26. The molecule has 1 heterocycles. The molecule has 7 nitrogen and oxygen atoms in total. The molecule has 0 fully saturated rings. The molecule has 2 aromatic carbocycles. The molecular weight excluding hydrogens is 433 g/mol. The number of halogens is 2. The van der Waals surface area contributed by atoms with Crippen LogP contribution in [0.5, 0.6) is 5.75 Å². The van der Waals surface area contributed by atoms with Crippen LogP contribution in [0.25, 0.3) is 22.2 Å². The molecule has 0 spiro atoms. The number of carboxylic acids is 1. The van der Waals surface area contributed by atoms with Crippen molar-refractivity contribution in [1.29, 1.82) is 0 Å². The molecule has 0 atom stereocenters. The SMILES string of the molecule is CCN(CC(=O)O)C(=O)c1c(O)c(-c2cc(F)cc(Br)c2)cc2nccnc12. The fraction of sp³-hybridized carbons (Fsp3) is 0.158. The Morgan fingerprint density at radius 3 is 2.54 bits per heavy atom. The zero-order valence-corrected chi connectivity index (χ0v) is 16.3. The minimum atomic E-state index is -1.18. The topological polar surface area (TPSA) is 104 Å². The number of benzene rings is 2. The summed E-state index contributed by atoms with van der Waals surface area (Å²) in [6.45, 7) is 1.20. The molecule has 0 aliphatic rings. The smallest absolute Gasteiger partial charge is 0.323 e. The number of hydrogen-bond donors (Lipinski definition) is 2. The Hall–Kier alpha value is -3.07. The number of rotatable bonds is 5. The van der Waals surface area contributed by atoms with Crippen LogP contribution in [0.3, 0.4) is 0 Å². The van der Waals surface area contributed by atoms with Crippen molar-refractivity contribution >= 4 is 38.8 Å². The number of aliphatic carboxylic acids is 1. The third-order valence-corrected chi connectivity index (χ3v) is 4.58. The lowest BCUT2D eigenvalue weighted by Crippen LogP contribution is -2.35. The highest BCUT2D eigenvalue weighted by molar-refractivity contribution is 9.10. The minimum Gasteiger partial charge on any atom is -0.506 e. The number of aromatic nitrogens is 2. The molecule has 1 amide bonds. The predicted molar refractivity (Wildman–Crippen MR) is 104 cm³/mol. The Morgan fingerprint density at radius 2 is 1.89 bits per heavy atom. The Bertz CT molecular complexity index is 1070. The Morgan fingerprint density at radius 1 is 1.18 bits per heavy atom. The number of phenols is 1. The summed E-state index contributed by atoms with van der Waals surface area (Å²) in [6.07, 6.45) is 2.79. The van der Waals surface area contributed by atoms with E-state index < -0.39 is 30.0 Å². The summed E-state index contributed by atoms with van der Waals surface area (Å²) in [5, 5.41) is 19.9. The summed E-state index contributed by atoms with van der Waals surface area (Å²) in [5.41, 5.74) is 0.776. The van der Waals surface area contributed by atoms with E-state index in [9.17, 15) is 19.1 Å². The third-order valence-electron chi connectivity index (χ3n) is 4.12. The lowest BCUT2D eigenvalue weighted by Gasteiger charge is -2.21. The molecule has 1 aromatic heterocycles. The second-order valence-electron chi connectivity index (χ2n) is 5.94. The van der Waals surface area contributed by atoms with Gasteiger partial charge in [0.2, 0.25) is 0 Å². The molecule has 9 heteroatoms. The number of carboxylic acid groups (broad SMARTS) is 1. The molecule has 3 aromatic rings. The number of aromatic hydroxyl groups is 1. The van der Waals surface area contributed by atoms with E-state index in [1.165, 1.54) is 30.6 Å². The van der Waals surface area contributed by atoms with Crippen molar-refractivity contribution in [3.8, 4) is 16.9 Å². The summed E-state index contributed by atoms with van der Waals surface area (Å²) in [6, 6.07) is 5.57. The van der Waals surface area contributed by atoms with Crippen LogP contribution in [0.1, 0.15) is 17.3 Å². The zero-order valence-electron chi connectivity index (χ0n) is 14.7. The normalized spacial score (nSPS) is 10.8. The first kappa shape index (κ1) is 19.7. The molecule has 144 valence electrons. The van der Waals surface area contributed by atoms with E-state index in [1.807, 2.05) is 0 Å². The van der Waals surface area contributed by atoms with Gasteiger partial charge in [-0.3, -0.25) is 19.6 Å². The molecule has 0 radical (unpaired) electrons. The second-order valence-corrected chi connectivity index (χ2v) is 6.86. The van der Waals surface area contributed by atoms with Gasteiger partial charge < -0.3 is 15.1 Å². The van der Waals surface area contributed by atoms with Crippen molar-refractivity contribution in [2.24, 2.45) is 0 Å². The number of nitrogens with zero attached hydrogens (tertiary/aromatic N) is 3. The molecular formula is C19H15BrFN3O4. The standard InChI is InChI=1S/C19H15BrFN3O4/c1-2-24(9-15(25)26)19(28)16-17-14(22-3-4-23-17)8-13(18(16)27)10-5-11(20)7-12(21)6-10/h3-8,27H,2,9H2,1H3,(H,25,26). The van der Waals surface area contributed by atoms with E-state index in [-0.39, 0.29) is 23.2 Å². The van der Waals surface area contributed by atoms with Crippen LogP contribution < -0.4 is 0 Å². The van der Waals surface area contributed by atoms with Gasteiger partial charge >= 0.3 is 5.97 Å². The minimum absolute atomic E-state index is 0.113. The summed E-state index contributed by atoms with van der Waals surface area (Å²) in [4.78, 5) is 33.5. The summed E-state index contributed by atoms with van der Waals surface area (Å²) >= 11 is 3.20. The average Bonchev–Trinajstić information content (AvgIpc) is 2.64. The number of likely N-dealkylation sites (N-methyl/N-ethyl adjacent to an activating group) is 1. The first-order valence-corrected chi connectivity index (χ1v) is 9.05. The first-order chi connectivity index (χ1) is 13.3. The maximum atomic E-state index is 13.9. The van der Waals surface area contributed by atoms with Crippen LogP contribution in [-0.4, -0.2) is 50.0 Å². The molecule has 0 saturated carbocycles. The monoisotopic (exact) mass is 447 g/mol. The lowest BCUT2D eigenvalue weighted by molar-refractivity contribution is -0.137. The van der Waals surface area contributed by atoms with Gasteiger partial charge in [-0.1, -0.05) is 15.9 Å². The van der Waals surface area contributed by atoms with Crippen LogP contribution in [0.15, 0.2) is 41.1 Å². The molecule has 0 aliphatic carbocycles. The highest BCUT2D eigenvalue weighted by Crippen LogP contribution is 2.38. The summed E-state index contributed by atoms with van der Waals surface area (Å²) in [5.74, 6) is -2.84. The third kappa shape index (κ3) is 3.79. The second kappa shape index (κ2) is 7.89. The predicted octanol–water partition coefficient (Wildman–Crippen LogP) is 3.45. The average molecular weight is 448 g/mol. The molecule has 2 N–H and O–H groups in total. The first-order valence-electron chi connectivity index (χ1n) is 8.26. The fourth-order valence-corrected chi connectivity index (χ4v) is 3.34. The van der Waals surface area contributed by atoms with Gasteiger partial charge in [0.1, 0.15) is 29.2 Å². The number of carbonyl (C=O) groups excluding carboxylic acids is 1. The lowest BCUT2D eigenvalue weighted by atomic mass is 9.98. The molecule has 0 unspecified atom stereocenters. The van der Waals surface area contributed by atoms with E-state index >= 15 is 0 Å². The molecule has 0 aliphatic heterocycles. The van der Waals surface area contributed by atoms with Crippen molar-refractivity contribution in [2.45, 2.75) is 6.92 Å². The molecule has 28 heavy (non-hydrogen) atoms. The zero-order chi connectivity index (χ0) is 20.4. The summed E-state index contributed by atoms with van der Waals surface area (Å²) in [7, 11) is 0. The van der Waals surface area contributed by atoms with Gasteiger partial charge in [-0.15, -0.1) is 0 Å². The van der Waals surface area contributed by atoms with Gasteiger partial charge in [-0.25, -0.2) is 4.39 Å². The summed E-state index contributed by atoms with van der Waals surface area (Å²) < 4.78 is 14.3. The van der Waals surface area contributed by atoms with Crippen LogP contribution in [0, 0.1) is 5.82 Å². The Labute approximate surface area is 167 Å². The van der Waals surface area contributed by atoms with Crippen LogP contribution in [0.4, 0.5) is 4.39 Å². The van der Waals surface area contributed by atoms with Crippen LogP contribution in [0.2, 0.25) is 0 Å². The van der Waals surface area contributed by atoms with Gasteiger partial charge in [0, 0.05) is 29.0 Å². The maximum absolute atomic E-state index is 13.9. The number of phenolic OH excluding ortho intramolecular Hbond substituents is 1. The largest absolute Gasteiger partial charge is 0.506 e. The Balaban J connectivity index is 2.28. The number of carbonyl (C=O) groups is 2. The molecule has 0 bridgehead atoms. The quantitative estimate of drug-likeness (QED) is 0.620. The van der Waals surface area contributed by atoms with E-state index in [0.717, 1.165) is 4.90 Å². The van der Waals surface area contributed by atoms with Crippen LogP contribution in [-0.2, 0) is 4.79 Å². The van der Waals surface area contributed by atoms with Crippen molar-refractivity contribution in [2.75, 3.05) is 13.1 Å². The highest BCUT2D eigenvalue weighted by atomic mass is 79.9. The molecule has 0 saturated heterocycles. The van der Waals surface area contributed by atoms with Crippen molar-refractivity contribution < 1.29 is 24.2 Å². The van der Waals surface area contributed by atoms with Gasteiger partial charge in [-0.05, 0) is 36.8 Å². The van der Waals surface area contributed by atoms with E-state index in [1.54, 1.807) is 13.0 Å². The van der Waals surface area contributed by atoms with E-state index in [2.05, 4.69) is 25.9 Å². The van der Waals surface area contributed by atoms with E-state index in [0.29, 0.717) is 15.6 Å². The van der Waals surface area contributed by atoms with Gasteiger partial charge in [0.25, 0.3) is 5.91 Å². The number of hydrogen-bond acceptors (Lipinski definition) is 5. The fourth-order valence-electron chi connectivity index (χ4n) is 2.88. The maximum Gasteiger partial charge on any atom is 0.323 e. The van der Waals surface area contributed by atoms with E-state index in [4.69, 9.17) is 5.11 Å². The van der Waals surface area contributed by atoms with Gasteiger partial charge in [0.05, 0.1) is 5.52 Å². The Kier molecular flexibility index (Phi) is 5.55. The molecule has 3 rings (SSSR count). The number of amides is 1. The van der Waals surface area contributed by atoms with Crippen molar-refractivity contribution in [3.05, 3.63) is 52.5 Å². The van der Waals surface area contributed by atoms with Gasteiger partial charge in [0.15, 0.2) is 0 Å². The number of fused-ring (bicyclic) bond motifs is 1. The van der Waals surface area contributed by atoms with Crippen LogP contribution >= 0.6 is 15.9 Å². The van der Waals surface area contributed by atoms with Crippen molar-refractivity contribution in [1.82, 2.24) is 14.9 Å². The van der Waals surface area contributed by atoms with Crippen molar-refractivity contribution in [3.63, 3.8) is 0 Å². The van der Waals surface area contributed by atoms with Gasteiger partial charge in [-0.2, -0.15) is 0 Å².